The first kappa shape index (κ1) is 13.5. The molecule has 0 radical (unpaired) electrons. The van der Waals surface area contributed by atoms with Gasteiger partial charge in [0, 0.05) is 23.8 Å². The smallest absolute Gasteiger partial charge is 0.129 e. The van der Waals surface area contributed by atoms with Crippen molar-refractivity contribution >= 4 is 22.9 Å². The van der Waals surface area contributed by atoms with E-state index in [2.05, 4.69) is 0 Å². The van der Waals surface area contributed by atoms with Gasteiger partial charge in [0.2, 0.25) is 0 Å². The Labute approximate surface area is 113 Å². The van der Waals surface area contributed by atoms with E-state index in [0.29, 0.717) is 16.3 Å². The van der Waals surface area contributed by atoms with Crippen LogP contribution >= 0.6 is 22.9 Å². The molecular weight excluding hydrogens is 278 g/mol. The zero-order valence-electron chi connectivity index (χ0n) is 9.37. The maximum absolute atomic E-state index is 13.4. The van der Waals surface area contributed by atoms with Crippen molar-refractivity contribution in [1.29, 1.82) is 0 Å². The molecule has 1 N–H and O–H groups in total. The molecule has 2 rings (SSSR count). The van der Waals surface area contributed by atoms with Crippen LogP contribution in [0.3, 0.4) is 0 Å². The van der Waals surface area contributed by atoms with Gasteiger partial charge in [-0.15, -0.1) is 11.3 Å². The zero-order chi connectivity index (χ0) is 13.1. The fourth-order valence-corrected chi connectivity index (χ4v) is 2.87. The van der Waals surface area contributed by atoms with Gasteiger partial charge in [-0.25, -0.2) is 8.78 Å². The van der Waals surface area contributed by atoms with Gasteiger partial charge in [0.25, 0.3) is 0 Å². The molecule has 0 spiro atoms. The van der Waals surface area contributed by atoms with Gasteiger partial charge in [-0.1, -0.05) is 17.7 Å². The number of rotatable bonds is 4. The molecular formula is C13H11ClF2OS. The third kappa shape index (κ3) is 3.51. The Hall–Kier alpha value is -0.970. The van der Waals surface area contributed by atoms with Gasteiger partial charge in [-0.05, 0) is 23.8 Å². The van der Waals surface area contributed by atoms with Crippen LogP contribution in [0.25, 0.3) is 0 Å². The van der Waals surface area contributed by atoms with E-state index in [1.807, 2.05) is 6.07 Å². The van der Waals surface area contributed by atoms with E-state index >= 15 is 0 Å². The molecule has 0 aliphatic carbocycles. The molecule has 0 aliphatic heterocycles. The quantitative estimate of drug-likeness (QED) is 0.907. The molecule has 1 aromatic carbocycles. The zero-order valence-corrected chi connectivity index (χ0v) is 10.9. The van der Waals surface area contributed by atoms with Gasteiger partial charge in [0.15, 0.2) is 0 Å². The first-order valence-electron chi connectivity index (χ1n) is 5.41. The highest BCUT2D eigenvalue weighted by atomic mass is 35.5. The molecule has 1 nitrogen and oxygen atoms in total. The lowest BCUT2D eigenvalue weighted by molar-refractivity contribution is 0.175. The monoisotopic (exact) mass is 288 g/mol. The third-order valence-corrected chi connectivity index (χ3v) is 3.79. The molecule has 18 heavy (non-hydrogen) atoms. The molecule has 0 bridgehead atoms. The Bertz CT molecular complexity index is 542. The predicted molar refractivity (Wildman–Crippen MR) is 69.1 cm³/mol. The average molecular weight is 289 g/mol. The number of aliphatic hydroxyl groups excluding tert-OH is 1. The third-order valence-electron chi connectivity index (χ3n) is 2.54. The Kier molecular flexibility index (Phi) is 4.32. The highest BCUT2D eigenvalue weighted by molar-refractivity contribution is 7.16. The van der Waals surface area contributed by atoms with Crippen molar-refractivity contribution in [3.63, 3.8) is 0 Å². The Morgan fingerprint density at radius 3 is 2.56 bits per heavy atom. The first-order chi connectivity index (χ1) is 8.54. The molecule has 0 aliphatic rings. The summed E-state index contributed by atoms with van der Waals surface area (Å²) in [5, 5.41) is 9.86. The van der Waals surface area contributed by atoms with Crippen LogP contribution in [-0.2, 0) is 12.8 Å². The lowest BCUT2D eigenvalue weighted by Crippen LogP contribution is -2.14. The summed E-state index contributed by atoms with van der Waals surface area (Å²) < 4.78 is 26.8. The Balaban J connectivity index is 2.00. The van der Waals surface area contributed by atoms with Gasteiger partial charge < -0.3 is 5.11 Å². The lowest BCUT2D eigenvalue weighted by atomic mass is 10.0. The number of thiophene rings is 1. The minimum atomic E-state index is -0.709. The molecule has 1 atom stereocenters. The average Bonchev–Trinajstić information content (AvgIpc) is 2.68. The van der Waals surface area contributed by atoms with E-state index < -0.39 is 17.7 Å². The molecule has 5 heteroatoms. The number of halogens is 3. The second-order valence-electron chi connectivity index (χ2n) is 4.00. The van der Waals surface area contributed by atoms with Crippen molar-refractivity contribution in [3.8, 4) is 0 Å². The van der Waals surface area contributed by atoms with Crippen LogP contribution in [0.15, 0.2) is 30.3 Å². The van der Waals surface area contributed by atoms with Crippen molar-refractivity contribution in [2.45, 2.75) is 18.9 Å². The topological polar surface area (TPSA) is 20.2 Å². The molecule has 1 heterocycles. The van der Waals surface area contributed by atoms with Crippen LogP contribution in [-0.4, -0.2) is 11.2 Å². The summed E-state index contributed by atoms with van der Waals surface area (Å²) in [4.78, 5) is 0.940. The van der Waals surface area contributed by atoms with E-state index in [-0.39, 0.29) is 6.42 Å². The van der Waals surface area contributed by atoms with Crippen LogP contribution in [0, 0.1) is 11.6 Å². The standard InChI is InChI=1S/C13H11ClF2OS/c14-13-4-3-11(18-13)7-10(17)5-8-1-2-9(15)6-12(8)16/h1-4,6,10,17H,5,7H2. The SMILES string of the molecule is OC(Cc1ccc(Cl)s1)Cc1ccc(F)cc1F. The van der Waals surface area contributed by atoms with Crippen molar-refractivity contribution < 1.29 is 13.9 Å². The summed E-state index contributed by atoms with van der Waals surface area (Å²) in [6.07, 6.45) is -0.143. The summed E-state index contributed by atoms with van der Waals surface area (Å²) in [6.45, 7) is 0. The van der Waals surface area contributed by atoms with Crippen molar-refractivity contribution in [1.82, 2.24) is 0 Å². The molecule has 0 saturated heterocycles. The second kappa shape index (κ2) is 5.78. The number of aliphatic hydroxyl groups is 1. The van der Waals surface area contributed by atoms with E-state index in [9.17, 15) is 13.9 Å². The largest absolute Gasteiger partial charge is 0.392 e. The van der Waals surface area contributed by atoms with Crippen LogP contribution in [0.4, 0.5) is 8.78 Å². The van der Waals surface area contributed by atoms with Crippen LogP contribution in [0.1, 0.15) is 10.4 Å². The number of hydrogen-bond donors (Lipinski definition) is 1. The Morgan fingerprint density at radius 1 is 1.17 bits per heavy atom. The molecule has 1 aromatic heterocycles. The first-order valence-corrected chi connectivity index (χ1v) is 6.60. The maximum Gasteiger partial charge on any atom is 0.129 e. The molecule has 0 saturated carbocycles. The van der Waals surface area contributed by atoms with Gasteiger partial charge in [-0.3, -0.25) is 0 Å². The lowest BCUT2D eigenvalue weighted by Gasteiger charge is -2.10. The summed E-state index contributed by atoms with van der Waals surface area (Å²) in [7, 11) is 0. The van der Waals surface area contributed by atoms with Gasteiger partial charge in [0.05, 0.1) is 10.4 Å². The predicted octanol–water partition coefficient (Wildman–Crippen LogP) is 3.83. The summed E-state index contributed by atoms with van der Waals surface area (Å²) in [5.74, 6) is -1.24. The van der Waals surface area contributed by atoms with Gasteiger partial charge in [0.1, 0.15) is 11.6 Å². The van der Waals surface area contributed by atoms with E-state index in [1.54, 1.807) is 6.07 Å². The maximum atomic E-state index is 13.4. The van der Waals surface area contributed by atoms with Crippen molar-refractivity contribution in [2.75, 3.05) is 0 Å². The number of hydrogen-bond acceptors (Lipinski definition) is 2. The molecule has 0 amide bonds. The molecule has 0 fully saturated rings. The highest BCUT2D eigenvalue weighted by Gasteiger charge is 2.12. The second-order valence-corrected chi connectivity index (χ2v) is 5.80. The van der Waals surface area contributed by atoms with Crippen LogP contribution < -0.4 is 0 Å². The number of benzene rings is 1. The van der Waals surface area contributed by atoms with Gasteiger partial charge >= 0.3 is 0 Å². The fourth-order valence-electron chi connectivity index (χ4n) is 1.71. The molecule has 1 unspecified atom stereocenters. The molecule has 96 valence electrons. The highest BCUT2D eigenvalue weighted by Crippen LogP contribution is 2.23. The molecule has 2 aromatic rings. The van der Waals surface area contributed by atoms with Crippen molar-refractivity contribution in [2.24, 2.45) is 0 Å². The van der Waals surface area contributed by atoms with Gasteiger partial charge in [-0.2, -0.15) is 0 Å². The van der Waals surface area contributed by atoms with Crippen LogP contribution in [0.5, 0.6) is 0 Å². The van der Waals surface area contributed by atoms with E-state index in [1.165, 1.54) is 23.5 Å². The van der Waals surface area contributed by atoms with Crippen LogP contribution in [0.2, 0.25) is 4.34 Å². The summed E-state index contributed by atoms with van der Waals surface area (Å²) >= 11 is 7.17. The van der Waals surface area contributed by atoms with E-state index in [0.717, 1.165) is 10.9 Å². The summed E-state index contributed by atoms with van der Waals surface area (Å²) in [5.41, 5.74) is 0.312. The minimum absolute atomic E-state index is 0.154. The van der Waals surface area contributed by atoms with E-state index in [4.69, 9.17) is 11.6 Å². The Morgan fingerprint density at radius 2 is 1.94 bits per heavy atom. The minimum Gasteiger partial charge on any atom is -0.392 e. The summed E-state index contributed by atoms with van der Waals surface area (Å²) in [6, 6.07) is 6.95. The fraction of sp³-hybridized carbons (Fsp3) is 0.231. The van der Waals surface area contributed by atoms with Crippen molar-refractivity contribution in [3.05, 3.63) is 56.7 Å². The normalized spacial score (nSPS) is 12.7.